The van der Waals surface area contributed by atoms with E-state index in [9.17, 15) is 13.2 Å². The molecule has 124 valence electrons. The van der Waals surface area contributed by atoms with E-state index in [0.717, 1.165) is 11.3 Å². The molecular weight excluding hydrogens is 356 g/mol. The molecule has 1 aromatic carbocycles. The number of halogens is 1. The summed E-state index contributed by atoms with van der Waals surface area (Å²) in [6, 6.07) is 5.28. The largest absolute Gasteiger partial charge is 0.315 e. The first-order valence-corrected chi connectivity index (χ1v) is 10.4. The average molecular weight is 373 g/mol. The highest BCUT2D eigenvalue weighted by Crippen LogP contribution is 2.42. The van der Waals surface area contributed by atoms with Crippen LogP contribution in [0.4, 0.5) is 5.69 Å². The van der Waals surface area contributed by atoms with E-state index in [1.165, 1.54) is 11.8 Å². The van der Waals surface area contributed by atoms with Crippen molar-refractivity contribution in [3.8, 4) is 0 Å². The lowest BCUT2D eigenvalue weighted by Gasteiger charge is -2.26. The van der Waals surface area contributed by atoms with E-state index in [1.807, 2.05) is 17.9 Å². The number of anilines is 1. The molecular formula is C15H17ClN2O3S2. The van der Waals surface area contributed by atoms with Gasteiger partial charge in [-0.2, -0.15) is 4.99 Å². The fourth-order valence-corrected chi connectivity index (χ4v) is 6.96. The van der Waals surface area contributed by atoms with Gasteiger partial charge in [0.15, 0.2) is 15.0 Å². The van der Waals surface area contributed by atoms with Crippen molar-refractivity contribution in [1.29, 1.82) is 0 Å². The summed E-state index contributed by atoms with van der Waals surface area (Å²) in [5, 5.41) is 1.05. The number of fused-ring (bicyclic) bond motifs is 1. The molecule has 2 heterocycles. The number of amidine groups is 1. The van der Waals surface area contributed by atoms with Crippen molar-refractivity contribution < 1.29 is 13.2 Å². The van der Waals surface area contributed by atoms with Gasteiger partial charge in [0.05, 0.1) is 17.5 Å². The zero-order chi connectivity index (χ0) is 16.8. The van der Waals surface area contributed by atoms with Gasteiger partial charge in [0.2, 0.25) is 5.91 Å². The molecule has 0 spiro atoms. The Morgan fingerprint density at radius 2 is 2.17 bits per heavy atom. The molecule has 0 unspecified atom stereocenters. The number of hydrogen-bond acceptors (Lipinski definition) is 4. The molecule has 2 aliphatic rings. The van der Waals surface area contributed by atoms with E-state index < -0.39 is 9.84 Å². The highest BCUT2D eigenvalue weighted by molar-refractivity contribution is 8.16. The van der Waals surface area contributed by atoms with Gasteiger partial charge in [0.1, 0.15) is 0 Å². The number of amides is 1. The lowest BCUT2D eigenvalue weighted by Crippen LogP contribution is -2.38. The Kier molecular flexibility index (Phi) is 4.46. The Balaban J connectivity index is 2.08. The van der Waals surface area contributed by atoms with Gasteiger partial charge in [-0.1, -0.05) is 36.4 Å². The summed E-state index contributed by atoms with van der Waals surface area (Å²) in [4.78, 5) is 17.8. The van der Waals surface area contributed by atoms with Crippen LogP contribution in [0.15, 0.2) is 23.2 Å². The van der Waals surface area contributed by atoms with Gasteiger partial charge in [-0.25, -0.2) is 8.42 Å². The first-order chi connectivity index (χ1) is 10.8. The van der Waals surface area contributed by atoms with E-state index in [1.54, 1.807) is 19.1 Å². The van der Waals surface area contributed by atoms with Gasteiger partial charge >= 0.3 is 0 Å². The zero-order valence-electron chi connectivity index (χ0n) is 12.8. The normalized spacial score (nSPS) is 27.4. The van der Waals surface area contributed by atoms with Crippen LogP contribution in [0, 0.1) is 6.92 Å². The van der Waals surface area contributed by atoms with Crippen LogP contribution in [0.2, 0.25) is 5.02 Å². The maximum atomic E-state index is 12.0. The van der Waals surface area contributed by atoms with Crippen LogP contribution in [-0.4, -0.2) is 42.3 Å². The van der Waals surface area contributed by atoms with Crippen molar-refractivity contribution in [2.45, 2.75) is 31.6 Å². The minimum Gasteiger partial charge on any atom is -0.315 e. The molecule has 5 nitrogen and oxygen atoms in total. The van der Waals surface area contributed by atoms with E-state index in [4.69, 9.17) is 11.6 Å². The molecule has 2 saturated heterocycles. The number of benzene rings is 1. The smallest absolute Gasteiger partial charge is 0.247 e. The number of nitrogens with zero attached hydrogens (tertiary/aromatic N) is 2. The molecule has 2 atom stereocenters. The lowest BCUT2D eigenvalue weighted by molar-refractivity contribution is -0.117. The van der Waals surface area contributed by atoms with E-state index in [0.29, 0.717) is 16.6 Å². The second-order valence-electron chi connectivity index (χ2n) is 5.74. The monoisotopic (exact) mass is 372 g/mol. The maximum Gasteiger partial charge on any atom is 0.247 e. The van der Waals surface area contributed by atoms with Gasteiger partial charge in [-0.3, -0.25) is 4.79 Å². The van der Waals surface area contributed by atoms with Crippen molar-refractivity contribution in [3.05, 3.63) is 28.8 Å². The summed E-state index contributed by atoms with van der Waals surface area (Å²) in [7, 11) is -3.06. The molecule has 0 saturated carbocycles. The third-order valence-electron chi connectivity index (χ3n) is 4.02. The van der Waals surface area contributed by atoms with E-state index in [2.05, 4.69) is 4.99 Å². The van der Waals surface area contributed by atoms with E-state index in [-0.39, 0.29) is 28.7 Å². The van der Waals surface area contributed by atoms with Crippen molar-refractivity contribution in [3.63, 3.8) is 0 Å². The van der Waals surface area contributed by atoms with Gasteiger partial charge in [0.25, 0.3) is 0 Å². The van der Waals surface area contributed by atoms with Crippen LogP contribution in [-0.2, 0) is 14.6 Å². The van der Waals surface area contributed by atoms with Crippen molar-refractivity contribution in [2.75, 3.05) is 16.4 Å². The van der Waals surface area contributed by atoms with Crippen LogP contribution in [0.1, 0.15) is 18.9 Å². The standard InChI is InChI=1S/C15H17ClN2O3S2/c1-3-14(19)17-15-18(11-6-10(16)5-4-9(11)2)12-7-23(20,21)8-13(12)22-15/h4-6,12-13H,3,7-8H2,1-2H3/t12-,13+/m1/s1. The highest BCUT2D eigenvalue weighted by Gasteiger charge is 2.49. The molecule has 0 radical (unpaired) electrons. The summed E-state index contributed by atoms with van der Waals surface area (Å²) in [5.74, 6) is -0.00620. The topological polar surface area (TPSA) is 66.8 Å². The van der Waals surface area contributed by atoms with Crippen molar-refractivity contribution in [1.82, 2.24) is 0 Å². The zero-order valence-corrected chi connectivity index (χ0v) is 15.2. The Hall–Kier alpha value is -1.05. The molecule has 1 aromatic rings. The third kappa shape index (κ3) is 3.27. The average Bonchev–Trinajstić information content (AvgIpc) is 2.92. The maximum absolute atomic E-state index is 12.0. The second-order valence-corrected chi connectivity index (χ2v) is 9.54. The number of carbonyl (C=O) groups excluding carboxylic acids is 1. The fraction of sp³-hybridized carbons (Fsp3) is 0.467. The summed E-state index contributed by atoms with van der Waals surface area (Å²) >= 11 is 7.49. The number of hydrogen-bond donors (Lipinski definition) is 0. The lowest BCUT2D eigenvalue weighted by atomic mass is 10.1. The van der Waals surface area contributed by atoms with Crippen LogP contribution < -0.4 is 4.90 Å². The molecule has 8 heteroatoms. The number of aryl methyl sites for hydroxylation is 1. The number of rotatable bonds is 2. The Morgan fingerprint density at radius 1 is 1.43 bits per heavy atom. The summed E-state index contributed by atoms with van der Waals surface area (Å²) in [6.07, 6.45) is 0.320. The molecule has 0 aromatic heterocycles. The molecule has 2 fully saturated rings. The number of thioether (sulfide) groups is 1. The van der Waals surface area contributed by atoms with Crippen LogP contribution in [0.3, 0.4) is 0 Å². The Morgan fingerprint density at radius 3 is 2.87 bits per heavy atom. The minimum absolute atomic E-state index is 0.0793. The molecule has 0 aliphatic carbocycles. The number of sulfone groups is 1. The Labute approximate surface area is 145 Å². The second kappa shape index (κ2) is 6.11. The number of aliphatic imine (C=N–C) groups is 1. The van der Waals surface area contributed by atoms with Gasteiger partial charge < -0.3 is 4.90 Å². The third-order valence-corrected chi connectivity index (χ3v) is 7.46. The minimum atomic E-state index is -3.06. The predicted octanol–water partition coefficient (Wildman–Crippen LogP) is 2.66. The highest BCUT2D eigenvalue weighted by atomic mass is 35.5. The Bertz CT molecular complexity index is 792. The van der Waals surface area contributed by atoms with Crippen LogP contribution in [0.5, 0.6) is 0 Å². The van der Waals surface area contributed by atoms with Gasteiger partial charge in [0, 0.05) is 22.4 Å². The van der Waals surface area contributed by atoms with Gasteiger partial charge in [-0.05, 0) is 24.6 Å². The summed E-state index contributed by atoms with van der Waals surface area (Å²) in [6.45, 7) is 3.69. The SMILES string of the molecule is CCC(=O)N=C1S[C@H]2CS(=O)(=O)C[C@H]2N1c1cc(Cl)ccc1C. The first-order valence-electron chi connectivity index (χ1n) is 7.34. The molecule has 3 rings (SSSR count). The summed E-state index contributed by atoms with van der Waals surface area (Å²) < 4.78 is 24.0. The number of carbonyl (C=O) groups is 1. The first kappa shape index (κ1) is 16.8. The van der Waals surface area contributed by atoms with Crippen molar-refractivity contribution in [2.24, 2.45) is 4.99 Å². The quantitative estimate of drug-likeness (QED) is 0.798. The molecule has 0 bridgehead atoms. The van der Waals surface area contributed by atoms with E-state index >= 15 is 0 Å². The predicted molar refractivity (Wildman–Crippen MR) is 95.2 cm³/mol. The molecule has 23 heavy (non-hydrogen) atoms. The molecule has 1 amide bonds. The van der Waals surface area contributed by atoms with Gasteiger partial charge in [-0.15, -0.1) is 0 Å². The van der Waals surface area contributed by atoms with Crippen LogP contribution in [0.25, 0.3) is 0 Å². The van der Waals surface area contributed by atoms with Crippen LogP contribution >= 0.6 is 23.4 Å². The molecule has 2 aliphatic heterocycles. The summed E-state index contributed by atoms with van der Waals surface area (Å²) in [5.41, 5.74) is 1.79. The van der Waals surface area contributed by atoms with Crippen molar-refractivity contribution >= 4 is 50.0 Å². The molecule has 0 N–H and O–H groups in total. The fourth-order valence-electron chi connectivity index (χ4n) is 2.87.